The van der Waals surface area contributed by atoms with Crippen LogP contribution in [0.3, 0.4) is 0 Å². The number of aromatic nitrogens is 1. The number of hydrogen-bond donors (Lipinski definition) is 2. The SMILES string of the molecule is CNC(=O)c1[nH]c2cc(Cl)ccc2c1C(C)=O. The fourth-order valence-corrected chi connectivity index (χ4v) is 2.00. The van der Waals surface area contributed by atoms with Crippen LogP contribution in [0.25, 0.3) is 10.9 Å². The van der Waals surface area contributed by atoms with Gasteiger partial charge in [-0.05, 0) is 19.1 Å². The van der Waals surface area contributed by atoms with Crippen LogP contribution in [0.1, 0.15) is 27.8 Å². The molecule has 0 unspecified atom stereocenters. The molecule has 1 aromatic heterocycles. The number of hydrogen-bond acceptors (Lipinski definition) is 2. The Balaban J connectivity index is 2.79. The lowest BCUT2D eigenvalue weighted by Gasteiger charge is -1.99. The predicted octanol–water partition coefficient (Wildman–Crippen LogP) is 2.38. The van der Waals surface area contributed by atoms with Gasteiger partial charge in [0.25, 0.3) is 5.91 Å². The number of H-pyrrole nitrogens is 1. The number of fused-ring (bicyclic) bond motifs is 1. The Bertz CT molecular complexity index is 616. The molecule has 1 heterocycles. The number of carbonyl (C=O) groups is 2. The van der Waals surface area contributed by atoms with Crippen molar-refractivity contribution in [2.45, 2.75) is 6.92 Å². The molecule has 0 aliphatic carbocycles. The Labute approximate surface area is 103 Å². The summed E-state index contributed by atoms with van der Waals surface area (Å²) in [5.74, 6) is -0.473. The molecule has 88 valence electrons. The Morgan fingerprint density at radius 2 is 2.06 bits per heavy atom. The van der Waals surface area contributed by atoms with Crippen molar-refractivity contribution in [3.8, 4) is 0 Å². The van der Waals surface area contributed by atoms with Crippen molar-refractivity contribution >= 4 is 34.2 Å². The monoisotopic (exact) mass is 250 g/mol. The summed E-state index contributed by atoms with van der Waals surface area (Å²) < 4.78 is 0. The highest BCUT2D eigenvalue weighted by Gasteiger charge is 2.19. The highest BCUT2D eigenvalue weighted by atomic mass is 35.5. The molecule has 0 saturated carbocycles. The van der Waals surface area contributed by atoms with Crippen LogP contribution in [-0.2, 0) is 0 Å². The number of nitrogens with one attached hydrogen (secondary N) is 2. The van der Waals surface area contributed by atoms with E-state index in [2.05, 4.69) is 10.3 Å². The molecular weight excluding hydrogens is 240 g/mol. The smallest absolute Gasteiger partial charge is 0.268 e. The molecule has 5 heteroatoms. The van der Waals surface area contributed by atoms with E-state index in [1.165, 1.54) is 14.0 Å². The number of Topliss-reactive ketones (excluding diaryl/α,β-unsaturated/α-hetero) is 1. The van der Waals surface area contributed by atoms with Gasteiger partial charge in [-0.3, -0.25) is 9.59 Å². The lowest BCUT2D eigenvalue weighted by Crippen LogP contribution is -2.20. The highest BCUT2D eigenvalue weighted by Crippen LogP contribution is 2.25. The molecular formula is C12H11ClN2O2. The molecule has 0 atom stereocenters. The number of halogens is 1. The molecule has 1 aromatic carbocycles. The van der Waals surface area contributed by atoms with E-state index in [1.54, 1.807) is 18.2 Å². The summed E-state index contributed by atoms with van der Waals surface area (Å²) in [6, 6.07) is 5.12. The fraction of sp³-hybridized carbons (Fsp3) is 0.167. The van der Waals surface area contributed by atoms with Gasteiger partial charge < -0.3 is 10.3 Å². The first kappa shape index (κ1) is 11.7. The molecule has 0 radical (unpaired) electrons. The second-order valence-corrected chi connectivity index (χ2v) is 4.14. The van der Waals surface area contributed by atoms with Gasteiger partial charge in [0.2, 0.25) is 0 Å². The van der Waals surface area contributed by atoms with Gasteiger partial charge in [0.05, 0.1) is 5.56 Å². The maximum Gasteiger partial charge on any atom is 0.268 e. The third kappa shape index (κ3) is 1.91. The van der Waals surface area contributed by atoms with E-state index in [0.717, 1.165) is 0 Å². The summed E-state index contributed by atoms with van der Waals surface area (Å²) in [6.45, 7) is 1.43. The number of benzene rings is 1. The number of rotatable bonds is 2. The largest absolute Gasteiger partial charge is 0.354 e. The first-order valence-corrected chi connectivity index (χ1v) is 5.46. The minimum Gasteiger partial charge on any atom is -0.354 e. The van der Waals surface area contributed by atoms with E-state index in [4.69, 9.17) is 11.6 Å². The minimum absolute atomic E-state index is 0.155. The topological polar surface area (TPSA) is 62.0 Å². The predicted molar refractivity (Wildman–Crippen MR) is 66.7 cm³/mol. The van der Waals surface area contributed by atoms with E-state index < -0.39 is 0 Å². The van der Waals surface area contributed by atoms with Gasteiger partial charge in [-0.1, -0.05) is 17.7 Å². The van der Waals surface area contributed by atoms with Crippen LogP contribution in [0.4, 0.5) is 0 Å². The normalized spacial score (nSPS) is 10.5. The number of amides is 1. The standard InChI is InChI=1S/C12H11ClN2O2/c1-6(16)10-8-4-3-7(13)5-9(8)15-11(10)12(17)14-2/h3-5,15H,1-2H3,(H,14,17). The molecule has 0 bridgehead atoms. The molecule has 2 N–H and O–H groups in total. The molecule has 0 aliphatic heterocycles. The van der Waals surface area contributed by atoms with Gasteiger partial charge in [0, 0.05) is 23.0 Å². The van der Waals surface area contributed by atoms with Gasteiger partial charge >= 0.3 is 0 Å². The average Bonchev–Trinajstić information content (AvgIpc) is 2.66. The molecule has 17 heavy (non-hydrogen) atoms. The summed E-state index contributed by atoms with van der Waals surface area (Å²) in [4.78, 5) is 26.2. The van der Waals surface area contributed by atoms with Crippen LogP contribution in [0.2, 0.25) is 5.02 Å². The lowest BCUT2D eigenvalue weighted by molar-refractivity contribution is 0.0943. The molecule has 0 saturated heterocycles. The van der Waals surface area contributed by atoms with Gasteiger partial charge in [0.1, 0.15) is 5.69 Å². The number of ketones is 1. The van der Waals surface area contributed by atoms with Crippen LogP contribution in [0.5, 0.6) is 0 Å². The maximum absolute atomic E-state index is 11.7. The molecule has 1 amide bonds. The zero-order valence-electron chi connectivity index (χ0n) is 9.43. The van der Waals surface area contributed by atoms with E-state index in [1.807, 2.05) is 0 Å². The summed E-state index contributed by atoms with van der Waals surface area (Å²) in [6.07, 6.45) is 0. The van der Waals surface area contributed by atoms with Crippen molar-refractivity contribution < 1.29 is 9.59 Å². The van der Waals surface area contributed by atoms with Gasteiger partial charge in [-0.2, -0.15) is 0 Å². The average molecular weight is 251 g/mol. The van der Waals surface area contributed by atoms with Gasteiger partial charge in [-0.25, -0.2) is 0 Å². The molecule has 0 spiro atoms. The van der Waals surface area contributed by atoms with E-state index in [9.17, 15) is 9.59 Å². The highest BCUT2D eigenvalue weighted by molar-refractivity contribution is 6.31. The molecule has 0 aliphatic rings. The third-order valence-electron chi connectivity index (χ3n) is 2.57. The molecule has 2 rings (SSSR count). The van der Waals surface area contributed by atoms with Crippen molar-refractivity contribution in [1.29, 1.82) is 0 Å². The van der Waals surface area contributed by atoms with Gasteiger partial charge in [0.15, 0.2) is 5.78 Å². The summed E-state index contributed by atoms with van der Waals surface area (Å²) in [7, 11) is 1.52. The number of aromatic amines is 1. The first-order chi connectivity index (χ1) is 8.04. The van der Waals surface area contributed by atoms with E-state index >= 15 is 0 Å². The quantitative estimate of drug-likeness (QED) is 0.804. The van der Waals surface area contributed by atoms with E-state index in [-0.39, 0.29) is 17.4 Å². The zero-order valence-corrected chi connectivity index (χ0v) is 10.2. The first-order valence-electron chi connectivity index (χ1n) is 5.09. The van der Waals surface area contributed by atoms with Crippen LogP contribution in [0, 0.1) is 0 Å². The minimum atomic E-state index is -0.317. The van der Waals surface area contributed by atoms with Crippen molar-refractivity contribution in [1.82, 2.24) is 10.3 Å². The Kier molecular flexibility index (Phi) is 2.90. The van der Waals surface area contributed by atoms with E-state index in [0.29, 0.717) is 21.5 Å². The summed E-state index contributed by atoms with van der Waals surface area (Å²) in [5, 5.41) is 3.76. The maximum atomic E-state index is 11.7. The van der Waals surface area contributed by atoms with Crippen molar-refractivity contribution in [3.63, 3.8) is 0 Å². The van der Waals surface area contributed by atoms with Crippen LogP contribution < -0.4 is 5.32 Å². The second kappa shape index (κ2) is 4.22. The molecule has 2 aromatic rings. The summed E-state index contributed by atoms with van der Waals surface area (Å²) in [5.41, 5.74) is 1.36. The fourth-order valence-electron chi connectivity index (χ4n) is 1.83. The van der Waals surface area contributed by atoms with Crippen LogP contribution in [0.15, 0.2) is 18.2 Å². The van der Waals surface area contributed by atoms with Crippen LogP contribution in [-0.4, -0.2) is 23.7 Å². The summed E-state index contributed by atoms with van der Waals surface area (Å²) >= 11 is 5.87. The van der Waals surface area contributed by atoms with Crippen molar-refractivity contribution in [3.05, 3.63) is 34.5 Å². The third-order valence-corrected chi connectivity index (χ3v) is 2.80. The second-order valence-electron chi connectivity index (χ2n) is 3.70. The number of carbonyl (C=O) groups excluding carboxylic acids is 2. The van der Waals surface area contributed by atoms with Crippen molar-refractivity contribution in [2.24, 2.45) is 0 Å². The van der Waals surface area contributed by atoms with Crippen LogP contribution >= 0.6 is 11.6 Å². The Hall–Kier alpha value is -1.81. The van der Waals surface area contributed by atoms with Crippen molar-refractivity contribution in [2.75, 3.05) is 7.05 Å². The molecule has 0 fully saturated rings. The van der Waals surface area contributed by atoms with Gasteiger partial charge in [-0.15, -0.1) is 0 Å². The molecule has 4 nitrogen and oxygen atoms in total. The lowest BCUT2D eigenvalue weighted by atomic mass is 10.1. The Morgan fingerprint density at radius 3 is 2.65 bits per heavy atom. The Morgan fingerprint density at radius 1 is 1.35 bits per heavy atom. The zero-order chi connectivity index (χ0) is 12.6.